The largest absolute Gasteiger partial charge is 0.375 e. The Morgan fingerprint density at radius 1 is 0.681 bits per heavy atom. The van der Waals surface area contributed by atoms with Crippen LogP contribution in [-0.2, 0) is 41.4 Å². The molecule has 6 saturated heterocycles. The number of hydrogen-bond acceptors (Lipinski definition) is 12. The fourth-order valence-electron chi connectivity index (χ4n) is 7.93. The van der Waals surface area contributed by atoms with Crippen LogP contribution in [0.4, 0.5) is 17.6 Å². The van der Waals surface area contributed by atoms with E-state index < -0.39 is 46.4 Å². The standard InChI is InChI=1S/C13H15BFN3OS.C11H11BFN3OS.C10H11BFN3OS.C9H10BFN2O/c1-12(2)16-11(20)18(17-12)7-13(10(14)19-13)8-4-3-5-9(15)6-8;12-9-11(17-9,5-16-10(18)14-6-15-16)7-2-1-3-8(13)4-7;11-8-10(16-8,5-15(14)9(13)17)6-2-1-3-7(12)4-6;10-8-9(14-8,5-13-12)6-2-1-3-7(11)4-6/h3-6,10,17H,7H2,1-2H3,(H,16,20);1-4,9,15H,5-6H2,(H,14,18);1-4,8H,5,14H2,(H2,13,17);1-4,8,13H,5,12H2. The summed E-state index contributed by atoms with van der Waals surface area (Å²) in [6.07, 6.45) is 0. The molecule has 0 amide bonds. The second-order valence-electron chi connectivity index (χ2n) is 17.3. The van der Waals surface area contributed by atoms with E-state index in [1.165, 1.54) is 48.5 Å². The van der Waals surface area contributed by atoms with Crippen LogP contribution in [0.2, 0.25) is 0 Å². The van der Waals surface area contributed by atoms with Crippen LogP contribution >= 0.6 is 36.7 Å². The molecule has 11 N–H and O–H groups in total. The zero-order chi connectivity index (χ0) is 50.1. The van der Waals surface area contributed by atoms with E-state index in [0.29, 0.717) is 47.7 Å². The second kappa shape index (κ2) is 20.7. The second-order valence-corrected chi connectivity index (χ2v) is 18.4. The Kier molecular flexibility index (Phi) is 15.7. The van der Waals surface area contributed by atoms with Gasteiger partial charge >= 0.3 is 0 Å². The van der Waals surface area contributed by atoms with Gasteiger partial charge in [0.15, 0.2) is 15.3 Å². The van der Waals surface area contributed by atoms with Crippen molar-refractivity contribution < 1.29 is 36.5 Å². The van der Waals surface area contributed by atoms with E-state index in [2.05, 4.69) is 26.9 Å². The van der Waals surface area contributed by atoms with Crippen LogP contribution in [0.25, 0.3) is 0 Å². The van der Waals surface area contributed by atoms with Gasteiger partial charge in [-0.05, 0) is 121 Å². The molecule has 0 saturated carbocycles. The molecule has 15 nitrogen and oxygen atoms in total. The van der Waals surface area contributed by atoms with Crippen molar-refractivity contribution in [1.82, 2.24) is 41.9 Å². The molecule has 0 aromatic heterocycles. The summed E-state index contributed by atoms with van der Waals surface area (Å²) in [7, 11) is 23.1. The smallest absolute Gasteiger partial charge is 0.185 e. The number of halogens is 4. The Labute approximate surface area is 418 Å². The highest BCUT2D eigenvalue weighted by molar-refractivity contribution is 7.80. The van der Waals surface area contributed by atoms with E-state index in [1.807, 2.05) is 26.0 Å². The normalized spacial score (nSPS) is 29.7. The van der Waals surface area contributed by atoms with Crippen LogP contribution in [0.15, 0.2) is 97.1 Å². The third-order valence-electron chi connectivity index (χ3n) is 11.9. The van der Waals surface area contributed by atoms with Crippen LogP contribution in [0, 0.1) is 23.3 Å². The Morgan fingerprint density at radius 3 is 1.36 bits per heavy atom. The van der Waals surface area contributed by atoms with Gasteiger partial charge in [-0.15, -0.1) is 0 Å². The van der Waals surface area contributed by atoms with Crippen LogP contribution in [0.5, 0.6) is 0 Å². The number of epoxide rings is 4. The molecule has 6 heterocycles. The maximum atomic E-state index is 13.4. The monoisotopic (exact) mass is 997 g/mol. The summed E-state index contributed by atoms with van der Waals surface area (Å²) < 4.78 is 74.4. The average Bonchev–Trinajstić information content (AvgIpc) is 4.26. The van der Waals surface area contributed by atoms with Gasteiger partial charge < -0.3 is 35.3 Å². The summed E-state index contributed by atoms with van der Waals surface area (Å²) in [4.78, 5) is 0. The Balaban J connectivity index is 0.000000137. The predicted octanol–water partition coefficient (Wildman–Crippen LogP) is 1.15. The Morgan fingerprint density at radius 2 is 1.06 bits per heavy atom. The lowest BCUT2D eigenvalue weighted by molar-refractivity contribution is 0.186. The molecule has 0 spiro atoms. The summed E-state index contributed by atoms with van der Waals surface area (Å²) >= 11 is 15.2. The van der Waals surface area contributed by atoms with E-state index in [4.69, 9.17) is 104 Å². The molecular formula is C43H47B4F4N11O4S3. The van der Waals surface area contributed by atoms with Crippen LogP contribution in [0.1, 0.15) is 36.1 Å². The summed E-state index contributed by atoms with van der Waals surface area (Å²) in [6, 6.07) is 22.9. The third-order valence-corrected chi connectivity index (χ3v) is 12.8. The SMILES string of the molecule is [B]C1OC1(CN(N)C(N)=S)c1cccc(F)c1.[B]C1OC1(CN1NC(C)(C)NC1=S)c1cccc(F)c1.[B]C1OC1(CN1NCNC1=S)c1cccc(F)c1.[B]C1OC1(CNN)c1cccc(F)c1. The number of nitrogens with zero attached hydrogens (tertiary/aromatic N) is 3. The molecule has 26 heteroatoms. The number of benzene rings is 4. The van der Waals surface area contributed by atoms with Crippen LogP contribution in [0.3, 0.4) is 0 Å². The lowest BCUT2D eigenvalue weighted by Crippen LogP contribution is -2.47. The molecule has 69 heavy (non-hydrogen) atoms. The number of nitrogens with one attached hydrogen (secondary N) is 5. The minimum absolute atomic E-state index is 0.0310. The Bertz CT molecular complexity index is 2560. The highest BCUT2D eigenvalue weighted by atomic mass is 32.1. The number of hydrogen-bond donors (Lipinski definition) is 8. The quantitative estimate of drug-likeness (QED) is 0.0251. The van der Waals surface area contributed by atoms with E-state index in [9.17, 15) is 17.6 Å². The number of hydrazine groups is 4. The first kappa shape index (κ1) is 52.4. The van der Waals surface area contributed by atoms with Crippen LogP contribution < -0.4 is 44.3 Å². The lowest BCUT2D eigenvalue weighted by Gasteiger charge is -2.24. The number of rotatable bonds is 12. The molecule has 8 radical (unpaired) electrons. The zero-order valence-electron chi connectivity index (χ0n) is 37.3. The van der Waals surface area contributed by atoms with Crippen molar-refractivity contribution in [3.05, 3.63) is 143 Å². The first-order valence-corrected chi connectivity index (χ1v) is 22.5. The summed E-state index contributed by atoms with van der Waals surface area (Å²) in [5.74, 6) is 9.56. The summed E-state index contributed by atoms with van der Waals surface area (Å²) in [6.45, 7) is 5.96. The molecule has 356 valence electrons. The minimum Gasteiger partial charge on any atom is -0.375 e. The zero-order valence-corrected chi connectivity index (χ0v) is 39.8. The van der Waals surface area contributed by atoms with Crippen molar-refractivity contribution in [2.75, 3.05) is 32.8 Å². The molecule has 0 bridgehead atoms. The van der Waals surface area contributed by atoms with E-state index in [0.717, 1.165) is 16.1 Å². The average molecular weight is 997 g/mol. The van der Waals surface area contributed by atoms with Gasteiger partial charge in [-0.25, -0.2) is 34.3 Å². The molecule has 10 rings (SSSR count). The fourth-order valence-corrected chi connectivity index (χ4v) is 8.56. The molecule has 6 fully saturated rings. The van der Waals surface area contributed by atoms with E-state index in [1.54, 1.807) is 46.4 Å². The highest BCUT2D eigenvalue weighted by Crippen LogP contribution is 2.48. The topological polar surface area (TPSA) is 198 Å². The van der Waals surface area contributed by atoms with Gasteiger partial charge in [0.1, 0.15) is 82.7 Å². The van der Waals surface area contributed by atoms with Gasteiger partial charge in [0.25, 0.3) is 0 Å². The number of nitrogens with two attached hydrogens (primary N) is 3. The van der Waals surface area contributed by atoms with Crippen molar-refractivity contribution in [3.8, 4) is 0 Å². The first-order chi connectivity index (χ1) is 32.6. The van der Waals surface area contributed by atoms with Crippen molar-refractivity contribution in [1.29, 1.82) is 0 Å². The Hall–Kier alpha value is -4.43. The molecular weight excluding hydrogens is 950 g/mol. The van der Waals surface area contributed by atoms with Gasteiger partial charge in [0.2, 0.25) is 0 Å². The van der Waals surface area contributed by atoms with Crippen LogP contribution in [-0.4, -0.2) is 124 Å². The lowest BCUT2D eigenvalue weighted by atomic mass is 9.85. The van der Waals surface area contributed by atoms with E-state index >= 15 is 0 Å². The van der Waals surface area contributed by atoms with Crippen molar-refractivity contribution in [3.63, 3.8) is 0 Å². The van der Waals surface area contributed by atoms with Gasteiger partial charge in [0.05, 0.1) is 50.3 Å². The minimum atomic E-state index is -0.833. The summed E-state index contributed by atoms with van der Waals surface area (Å²) in [5.41, 5.74) is 13.7. The van der Waals surface area contributed by atoms with Gasteiger partial charge in [-0.1, -0.05) is 48.5 Å². The molecule has 8 atom stereocenters. The molecule has 4 aromatic carbocycles. The molecule has 8 unspecified atom stereocenters. The van der Waals surface area contributed by atoms with Gasteiger partial charge in [-0.3, -0.25) is 26.3 Å². The fraction of sp³-hybridized carbons (Fsp3) is 0.372. The van der Waals surface area contributed by atoms with Gasteiger partial charge in [-0.2, -0.15) is 0 Å². The van der Waals surface area contributed by atoms with E-state index in [-0.39, 0.29) is 40.6 Å². The van der Waals surface area contributed by atoms with Gasteiger partial charge in [0, 0.05) is 6.54 Å². The predicted molar refractivity (Wildman–Crippen MR) is 265 cm³/mol. The first-order valence-electron chi connectivity index (χ1n) is 21.3. The molecule has 0 aliphatic carbocycles. The maximum absolute atomic E-state index is 13.4. The third kappa shape index (κ3) is 11.9. The highest BCUT2D eigenvalue weighted by Gasteiger charge is 2.58. The van der Waals surface area contributed by atoms with Crippen molar-refractivity contribution in [2.24, 2.45) is 17.4 Å². The molecule has 4 aromatic rings. The summed E-state index contributed by atoms with van der Waals surface area (Å²) in [5, 5.41) is 12.0. The maximum Gasteiger partial charge on any atom is 0.185 e. The van der Waals surface area contributed by atoms with Crippen molar-refractivity contribution >= 4 is 83.4 Å². The number of thiocarbonyl (C=S) groups is 3. The van der Waals surface area contributed by atoms with Crippen molar-refractivity contribution in [2.45, 2.75) is 65.9 Å². The number of ether oxygens (including phenoxy) is 4. The molecule has 6 aliphatic heterocycles. The molecule has 6 aliphatic rings.